The van der Waals surface area contributed by atoms with Crippen LogP contribution in [-0.4, -0.2) is 59.0 Å². The van der Waals surface area contributed by atoms with Crippen LogP contribution < -0.4 is 0 Å². The van der Waals surface area contributed by atoms with E-state index in [1.165, 1.54) is 10.1 Å². The lowest BCUT2D eigenvalue weighted by Gasteiger charge is -2.37. The van der Waals surface area contributed by atoms with E-state index in [1.807, 2.05) is 28.9 Å². The number of amides is 1. The number of carboxylic acids is 1. The zero-order valence-corrected chi connectivity index (χ0v) is 15.3. The van der Waals surface area contributed by atoms with E-state index in [2.05, 4.69) is 17.5 Å². The molecule has 2 aromatic rings. The summed E-state index contributed by atoms with van der Waals surface area (Å²) in [6.07, 6.45) is 2.13. The fourth-order valence-electron chi connectivity index (χ4n) is 3.60. The number of carboxylic acid groups (broad SMARTS) is 1. The van der Waals surface area contributed by atoms with Gasteiger partial charge in [0.1, 0.15) is 0 Å². The standard InChI is InChI=1S/C19H24N2O3S/c1-2-20(12-19(23)24)15-7-9-21(10-8-15)18(22)11-14-13-25-17-6-4-3-5-16(14)17/h3-6,13,15H,2,7-12H2,1H3,(H,23,24). The first-order chi connectivity index (χ1) is 12.1. The van der Waals surface area contributed by atoms with E-state index in [0.29, 0.717) is 19.5 Å². The molecule has 0 aliphatic carbocycles. The summed E-state index contributed by atoms with van der Waals surface area (Å²) >= 11 is 1.68. The van der Waals surface area contributed by atoms with Crippen molar-refractivity contribution in [3.05, 3.63) is 35.2 Å². The molecule has 134 valence electrons. The van der Waals surface area contributed by atoms with Crippen LogP contribution >= 0.6 is 11.3 Å². The number of likely N-dealkylation sites (N-methyl/N-ethyl adjacent to an activating group) is 1. The summed E-state index contributed by atoms with van der Waals surface area (Å²) in [7, 11) is 0. The van der Waals surface area contributed by atoms with E-state index in [4.69, 9.17) is 5.11 Å². The SMILES string of the molecule is CCN(CC(=O)O)C1CCN(C(=O)Cc2csc3ccccc23)CC1. The van der Waals surface area contributed by atoms with Crippen molar-refractivity contribution in [1.82, 2.24) is 9.80 Å². The van der Waals surface area contributed by atoms with Crippen LogP contribution in [0.3, 0.4) is 0 Å². The topological polar surface area (TPSA) is 60.9 Å². The number of fused-ring (bicyclic) bond motifs is 1. The lowest BCUT2D eigenvalue weighted by Crippen LogP contribution is -2.48. The van der Waals surface area contributed by atoms with E-state index in [0.717, 1.165) is 24.9 Å². The normalized spacial score (nSPS) is 15.8. The second-order valence-corrected chi connectivity index (χ2v) is 7.41. The molecule has 1 aromatic heterocycles. The highest BCUT2D eigenvalue weighted by Crippen LogP contribution is 2.27. The van der Waals surface area contributed by atoms with E-state index in [9.17, 15) is 9.59 Å². The third-order valence-corrected chi connectivity index (χ3v) is 5.99. The smallest absolute Gasteiger partial charge is 0.317 e. The molecular weight excluding hydrogens is 336 g/mol. The Morgan fingerprint density at radius 2 is 2.00 bits per heavy atom. The lowest BCUT2D eigenvalue weighted by atomic mass is 10.0. The highest BCUT2D eigenvalue weighted by molar-refractivity contribution is 7.17. The molecule has 1 aromatic carbocycles. The molecule has 1 aliphatic heterocycles. The molecule has 2 heterocycles. The molecule has 0 atom stereocenters. The third kappa shape index (κ3) is 4.19. The van der Waals surface area contributed by atoms with Crippen molar-refractivity contribution in [3.8, 4) is 0 Å². The van der Waals surface area contributed by atoms with Crippen LogP contribution in [-0.2, 0) is 16.0 Å². The Morgan fingerprint density at radius 1 is 1.28 bits per heavy atom. The van der Waals surface area contributed by atoms with Gasteiger partial charge in [0.25, 0.3) is 0 Å². The van der Waals surface area contributed by atoms with Gasteiger partial charge in [-0.1, -0.05) is 25.1 Å². The number of carbonyl (C=O) groups is 2. The minimum atomic E-state index is -0.787. The number of carbonyl (C=O) groups excluding carboxylic acids is 1. The maximum Gasteiger partial charge on any atom is 0.317 e. The number of piperidine rings is 1. The average Bonchev–Trinajstić information content (AvgIpc) is 3.03. The van der Waals surface area contributed by atoms with Crippen LogP contribution in [0.4, 0.5) is 0 Å². The second-order valence-electron chi connectivity index (χ2n) is 6.50. The molecule has 25 heavy (non-hydrogen) atoms. The van der Waals surface area contributed by atoms with Crippen LogP contribution in [0.15, 0.2) is 29.6 Å². The number of likely N-dealkylation sites (tertiary alicyclic amines) is 1. The number of benzene rings is 1. The van der Waals surface area contributed by atoms with E-state index in [1.54, 1.807) is 11.3 Å². The molecule has 1 fully saturated rings. The third-order valence-electron chi connectivity index (χ3n) is 4.98. The van der Waals surface area contributed by atoms with Gasteiger partial charge in [0.05, 0.1) is 13.0 Å². The Labute approximate surface area is 151 Å². The Bertz CT molecular complexity index is 750. The summed E-state index contributed by atoms with van der Waals surface area (Å²) in [6, 6.07) is 8.45. The quantitative estimate of drug-likeness (QED) is 0.860. The molecule has 1 N–H and O–H groups in total. The van der Waals surface area contributed by atoms with Gasteiger partial charge in [-0.3, -0.25) is 14.5 Å². The monoisotopic (exact) mass is 360 g/mol. The summed E-state index contributed by atoms with van der Waals surface area (Å²) < 4.78 is 1.22. The van der Waals surface area contributed by atoms with Crippen molar-refractivity contribution in [1.29, 1.82) is 0 Å². The summed E-state index contributed by atoms with van der Waals surface area (Å²) in [5.74, 6) is -0.618. The second kappa shape index (κ2) is 7.97. The van der Waals surface area contributed by atoms with Gasteiger partial charge < -0.3 is 10.0 Å². The predicted molar refractivity (Wildman–Crippen MR) is 100 cm³/mol. The van der Waals surface area contributed by atoms with Crippen molar-refractivity contribution in [2.24, 2.45) is 0 Å². The molecule has 6 heteroatoms. The minimum absolute atomic E-state index is 0.0794. The lowest BCUT2D eigenvalue weighted by molar-refractivity contribution is -0.140. The van der Waals surface area contributed by atoms with Crippen LogP contribution in [0.2, 0.25) is 0 Å². The maximum absolute atomic E-state index is 12.7. The van der Waals surface area contributed by atoms with Crippen LogP contribution in [0.25, 0.3) is 10.1 Å². The zero-order chi connectivity index (χ0) is 17.8. The number of rotatable bonds is 6. The Balaban J connectivity index is 1.57. The van der Waals surface area contributed by atoms with Crippen LogP contribution in [0, 0.1) is 0 Å². The summed E-state index contributed by atoms with van der Waals surface area (Å²) in [5, 5.41) is 12.3. The highest BCUT2D eigenvalue weighted by Gasteiger charge is 2.27. The number of thiophene rings is 1. The van der Waals surface area contributed by atoms with Crippen molar-refractivity contribution in [2.45, 2.75) is 32.2 Å². The molecule has 3 rings (SSSR count). The molecule has 0 unspecified atom stereocenters. The first kappa shape index (κ1) is 17.9. The van der Waals surface area contributed by atoms with Crippen molar-refractivity contribution < 1.29 is 14.7 Å². The van der Waals surface area contributed by atoms with Crippen molar-refractivity contribution >= 4 is 33.3 Å². The van der Waals surface area contributed by atoms with E-state index >= 15 is 0 Å². The van der Waals surface area contributed by atoms with Gasteiger partial charge in [0.2, 0.25) is 5.91 Å². The molecule has 0 bridgehead atoms. The van der Waals surface area contributed by atoms with Crippen molar-refractivity contribution in [2.75, 3.05) is 26.2 Å². The van der Waals surface area contributed by atoms with Gasteiger partial charge in [-0.15, -0.1) is 11.3 Å². The van der Waals surface area contributed by atoms with Crippen LogP contribution in [0.1, 0.15) is 25.3 Å². The number of nitrogens with zero attached hydrogens (tertiary/aromatic N) is 2. The van der Waals surface area contributed by atoms with Crippen LogP contribution in [0.5, 0.6) is 0 Å². The van der Waals surface area contributed by atoms with Gasteiger partial charge in [-0.2, -0.15) is 0 Å². The fourth-order valence-corrected chi connectivity index (χ4v) is 4.56. The molecule has 1 saturated heterocycles. The van der Waals surface area contributed by atoms with Gasteiger partial charge in [0, 0.05) is 23.8 Å². The fraction of sp³-hybridized carbons (Fsp3) is 0.474. The maximum atomic E-state index is 12.7. The minimum Gasteiger partial charge on any atom is -0.480 e. The van der Waals surface area contributed by atoms with Gasteiger partial charge in [-0.25, -0.2) is 0 Å². The number of aliphatic carboxylic acids is 1. The Morgan fingerprint density at radius 3 is 2.68 bits per heavy atom. The van der Waals surface area contributed by atoms with Gasteiger partial charge in [-0.05, 0) is 41.8 Å². The first-order valence-electron chi connectivity index (χ1n) is 8.77. The average molecular weight is 360 g/mol. The summed E-state index contributed by atoms with van der Waals surface area (Å²) in [5.41, 5.74) is 1.11. The number of hydrogen-bond acceptors (Lipinski definition) is 4. The summed E-state index contributed by atoms with van der Waals surface area (Å²) in [4.78, 5) is 27.5. The molecule has 0 radical (unpaired) electrons. The molecule has 1 amide bonds. The number of hydrogen-bond donors (Lipinski definition) is 1. The molecular formula is C19H24N2O3S. The largest absolute Gasteiger partial charge is 0.480 e. The first-order valence-corrected chi connectivity index (χ1v) is 9.65. The Hall–Kier alpha value is -1.92. The van der Waals surface area contributed by atoms with E-state index in [-0.39, 0.29) is 18.5 Å². The van der Waals surface area contributed by atoms with E-state index < -0.39 is 5.97 Å². The van der Waals surface area contributed by atoms with Gasteiger partial charge >= 0.3 is 5.97 Å². The predicted octanol–water partition coefficient (Wildman–Crippen LogP) is 2.84. The molecule has 0 spiro atoms. The molecule has 0 saturated carbocycles. The molecule has 1 aliphatic rings. The highest BCUT2D eigenvalue weighted by atomic mass is 32.1. The Kier molecular flexibility index (Phi) is 5.71. The summed E-state index contributed by atoms with van der Waals surface area (Å²) in [6.45, 7) is 4.22. The zero-order valence-electron chi connectivity index (χ0n) is 14.5. The van der Waals surface area contributed by atoms with Crippen molar-refractivity contribution in [3.63, 3.8) is 0 Å². The van der Waals surface area contributed by atoms with Gasteiger partial charge in [0.15, 0.2) is 0 Å². The molecule has 5 nitrogen and oxygen atoms in total.